The molecule has 158 valence electrons. The Morgan fingerprint density at radius 3 is 2.21 bits per heavy atom. The molecule has 5 fully saturated rings. The van der Waals surface area contributed by atoms with Crippen LogP contribution in [0.15, 0.2) is 30.3 Å². The van der Waals surface area contributed by atoms with Gasteiger partial charge in [-0.25, -0.2) is 0 Å². The maximum Gasteiger partial charge on any atom is 0.0818 e. The van der Waals surface area contributed by atoms with E-state index >= 15 is 0 Å². The largest absolute Gasteiger partial charge is 0.376 e. The van der Waals surface area contributed by atoms with Gasteiger partial charge in [-0.2, -0.15) is 0 Å². The minimum atomic E-state index is 0.219. The molecule has 2 nitrogen and oxygen atoms in total. The quantitative estimate of drug-likeness (QED) is 0.635. The second-order valence-electron chi connectivity index (χ2n) is 11.6. The van der Waals surface area contributed by atoms with E-state index in [1.165, 1.54) is 62.8 Å². The number of thiocarbonyl (C=S) groups is 1. The molecule has 2 unspecified atom stereocenters. The van der Waals surface area contributed by atoms with Gasteiger partial charge in [0.05, 0.1) is 4.99 Å². The SMILES string of the molecule is CC1(C)C2CC3(C(=S)NC4CCC(CN)CC4)CC1CC(c1ccccc1)(C2)C3. The van der Waals surface area contributed by atoms with Crippen LogP contribution in [-0.4, -0.2) is 17.6 Å². The van der Waals surface area contributed by atoms with Crippen LogP contribution in [0.1, 0.15) is 77.2 Å². The summed E-state index contributed by atoms with van der Waals surface area (Å²) in [4.78, 5) is 1.21. The fourth-order valence-corrected chi connectivity index (χ4v) is 8.20. The van der Waals surface area contributed by atoms with Crippen molar-refractivity contribution in [2.45, 2.75) is 83.1 Å². The summed E-state index contributed by atoms with van der Waals surface area (Å²) in [6.07, 6.45) is 11.6. The molecule has 0 saturated heterocycles. The van der Waals surface area contributed by atoms with Crippen molar-refractivity contribution in [3.63, 3.8) is 0 Å². The molecule has 6 rings (SSSR count). The Labute approximate surface area is 182 Å². The van der Waals surface area contributed by atoms with Crippen LogP contribution < -0.4 is 11.1 Å². The van der Waals surface area contributed by atoms with E-state index in [1.54, 1.807) is 5.56 Å². The molecule has 0 heterocycles. The number of benzene rings is 1. The smallest absolute Gasteiger partial charge is 0.0818 e. The Balaban J connectivity index is 1.41. The van der Waals surface area contributed by atoms with E-state index in [0.29, 0.717) is 16.9 Å². The number of nitrogens with one attached hydrogen (secondary N) is 1. The summed E-state index contributed by atoms with van der Waals surface area (Å²) in [5, 5.41) is 3.91. The molecule has 1 aromatic rings. The van der Waals surface area contributed by atoms with Gasteiger partial charge in [0.15, 0.2) is 0 Å². The lowest BCUT2D eigenvalue weighted by Crippen LogP contribution is -2.64. The van der Waals surface area contributed by atoms with E-state index in [9.17, 15) is 0 Å². The molecule has 0 radical (unpaired) electrons. The Bertz CT molecular complexity index is 744. The van der Waals surface area contributed by atoms with Crippen molar-refractivity contribution in [1.29, 1.82) is 0 Å². The third kappa shape index (κ3) is 3.19. The fourth-order valence-electron chi connectivity index (χ4n) is 7.80. The van der Waals surface area contributed by atoms with Crippen molar-refractivity contribution in [3.8, 4) is 0 Å². The van der Waals surface area contributed by atoms with Gasteiger partial charge in [-0.3, -0.25) is 0 Å². The Morgan fingerprint density at radius 2 is 1.62 bits per heavy atom. The average Bonchev–Trinajstić information content (AvgIpc) is 2.73. The zero-order chi connectivity index (χ0) is 20.3. The van der Waals surface area contributed by atoms with Crippen molar-refractivity contribution in [3.05, 3.63) is 35.9 Å². The van der Waals surface area contributed by atoms with Gasteiger partial charge in [0.2, 0.25) is 0 Å². The van der Waals surface area contributed by atoms with Gasteiger partial charge in [-0.1, -0.05) is 56.4 Å². The minimum Gasteiger partial charge on any atom is -0.376 e. The first kappa shape index (κ1) is 20.0. The van der Waals surface area contributed by atoms with Crippen LogP contribution >= 0.6 is 12.2 Å². The van der Waals surface area contributed by atoms with Gasteiger partial charge in [0, 0.05) is 11.5 Å². The molecule has 5 saturated carbocycles. The van der Waals surface area contributed by atoms with Gasteiger partial charge >= 0.3 is 0 Å². The van der Waals surface area contributed by atoms with Crippen LogP contribution in [0.3, 0.4) is 0 Å². The van der Waals surface area contributed by atoms with Crippen LogP contribution in [0.2, 0.25) is 0 Å². The monoisotopic (exact) mass is 410 g/mol. The molecule has 5 aliphatic carbocycles. The highest BCUT2D eigenvalue weighted by Crippen LogP contribution is 2.71. The second kappa shape index (κ2) is 7.05. The van der Waals surface area contributed by atoms with Crippen molar-refractivity contribution in [2.75, 3.05) is 6.54 Å². The lowest BCUT2D eigenvalue weighted by molar-refractivity contribution is -0.125. The van der Waals surface area contributed by atoms with E-state index in [0.717, 1.165) is 24.3 Å². The van der Waals surface area contributed by atoms with Crippen molar-refractivity contribution >= 4 is 17.2 Å². The molecule has 3 heteroatoms. The number of hydrogen-bond donors (Lipinski definition) is 2. The Hall–Kier alpha value is -0.930. The first-order valence-electron chi connectivity index (χ1n) is 11.9. The van der Waals surface area contributed by atoms with Crippen molar-refractivity contribution in [1.82, 2.24) is 5.32 Å². The summed E-state index contributed by atoms with van der Waals surface area (Å²) < 4.78 is 0. The lowest BCUT2D eigenvalue weighted by atomic mass is 9.37. The van der Waals surface area contributed by atoms with E-state index < -0.39 is 0 Å². The van der Waals surface area contributed by atoms with Gasteiger partial charge in [-0.15, -0.1) is 0 Å². The Morgan fingerprint density at radius 1 is 1.00 bits per heavy atom. The van der Waals surface area contributed by atoms with E-state index in [4.69, 9.17) is 18.0 Å². The number of nitrogens with two attached hydrogens (primary N) is 1. The summed E-state index contributed by atoms with van der Waals surface area (Å²) in [5.74, 6) is 2.30. The normalized spacial score (nSPS) is 42.6. The third-order valence-corrected chi connectivity index (χ3v) is 10.3. The summed E-state index contributed by atoms with van der Waals surface area (Å²) >= 11 is 6.22. The van der Waals surface area contributed by atoms with Gasteiger partial charge < -0.3 is 11.1 Å². The molecule has 0 aliphatic heterocycles. The molecular weight excluding hydrogens is 372 g/mol. The van der Waals surface area contributed by atoms with Gasteiger partial charge in [0.25, 0.3) is 0 Å². The topological polar surface area (TPSA) is 38.0 Å². The van der Waals surface area contributed by atoms with Crippen LogP contribution in [0.5, 0.6) is 0 Å². The van der Waals surface area contributed by atoms with Crippen molar-refractivity contribution in [2.24, 2.45) is 34.3 Å². The van der Waals surface area contributed by atoms with E-state index in [1.807, 2.05) is 0 Å². The standard InChI is InChI=1S/C26H38N2S/c1-24(2)20-12-25(19-6-4-3-5-7-19)13-21(24)15-26(14-20,17-25)23(29)28-22-10-8-18(16-27)9-11-22/h3-7,18,20-22H,8-17,27H2,1-2H3,(H,28,29). The lowest BCUT2D eigenvalue weighted by Gasteiger charge is -2.68. The molecule has 4 bridgehead atoms. The molecule has 1 aromatic carbocycles. The summed E-state index contributed by atoms with van der Waals surface area (Å²) in [6, 6.07) is 12.0. The van der Waals surface area contributed by atoms with Gasteiger partial charge in [-0.05, 0) is 98.5 Å². The van der Waals surface area contributed by atoms with Crippen LogP contribution in [0.4, 0.5) is 0 Å². The predicted molar refractivity (Wildman–Crippen MR) is 125 cm³/mol. The molecule has 2 atom stereocenters. The minimum absolute atomic E-state index is 0.219. The zero-order valence-electron chi connectivity index (χ0n) is 18.3. The maximum absolute atomic E-state index is 6.22. The first-order chi connectivity index (χ1) is 13.9. The molecule has 5 aliphatic rings. The van der Waals surface area contributed by atoms with Crippen LogP contribution in [-0.2, 0) is 5.41 Å². The summed E-state index contributed by atoms with van der Waals surface area (Å²) in [6.45, 7) is 5.92. The summed E-state index contributed by atoms with van der Waals surface area (Å²) in [7, 11) is 0. The van der Waals surface area contributed by atoms with Gasteiger partial charge in [0.1, 0.15) is 0 Å². The highest BCUT2D eigenvalue weighted by atomic mass is 32.1. The Kier molecular flexibility index (Phi) is 4.86. The first-order valence-corrected chi connectivity index (χ1v) is 12.3. The zero-order valence-corrected chi connectivity index (χ0v) is 19.1. The molecule has 0 amide bonds. The maximum atomic E-state index is 6.22. The molecule has 3 N–H and O–H groups in total. The third-order valence-electron chi connectivity index (χ3n) is 9.71. The predicted octanol–water partition coefficient (Wildman–Crippen LogP) is 5.60. The highest BCUT2D eigenvalue weighted by Gasteiger charge is 2.65. The van der Waals surface area contributed by atoms with E-state index in [2.05, 4.69) is 49.5 Å². The molecule has 29 heavy (non-hydrogen) atoms. The fraction of sp³-hybridized carbons (Fsp3) is 0.731. The van der Waals surface area contributed by atoms with Crippen LogP contribution in [0, 0.1) is 28.6 Å². The second-order valence-corrected chi connectivity index (χ2v) is 12.0. The molecule has 0 aromatic heterocycles. The van der Waals surface area contributed by atoms with Crippen molar-refractivity contribution < 1.29 is 0 Å². The molecule has 0 spiro atoms. The molecular formula is C26H38N2S. The number of rotatable bonds is 4. The average molecular weight is 411 g/mol. The summed E-state index contributed by atoms with van der Waals surface area (Å²) in [5.41, 5.74) is 8.49. The van der Waals surface area contributed by atoms with E-state index in [-0.39, 0.29) is 5.41 Å². The highest BCUT2D eigenvalue weighted by molar-refractivity contribution is 7.80. The van der Waals surface area contributed by atoms with Crippen LogP contribution in [0.25, 0.3) is 0 Å². The number of hydrogen-bond acceptors (Lipinski definition) is 2.